The number of nitrogens with zero attached hydrogens (tertiary/aromatic N) is 4. The third-order valence-corrected chi connectivity index (χ3v) is 2000. The van der Waals surface area contributed by atoms with Crippen molar-refractivity contribution in [2.45, 2.75) is 28.6 Å². The predicted molar refractivity (Wildman–Crippen MR) is 654 cm³/mol. The van der Waals surface area contributed by atoms with Crippen LogP contribution in [-0.2, 0) is 34.4 Å². The molecule has 8 rings (SSSR count). The smallest absolute Gasteiger partial charge is 0.287 e. The normalized spacial score (nSPS) is 15.8. The van der Waals surface area contributed by atoms with Gasteiger partial charge in [0.05, 0.1) is 42.2 Å². The van der Waals surface area contributed by atoms with E-state index in [1.54, 1.807) is 43.6 Å². The van der Waals surface area contributed by atoms with Gasteiger partial charge >= 0.3 is 452 Å². The molecular formula is C40H36Br2I32N8O9S2-2. The van der Waals surface area contributed by atoms with Gasteiger partial charge in [-0.1, -0.05) is 92.5 Å². The molecule has 542 valence electrons. The number of anilines is 2. The van der Waals surface area contributed by atoms with Crippen molar-refractivity contribution >= 4 is 506 Å². The van der Waals surface area contributed by atoms with Gasteiger partial charge in [0, 0.05) is 22.0 Å². The number of amidine groups is 2. The maximum atomic E-state index is 12.6. The van der Waals surface area contributed by atoms with Crippen molar-refractivity contribution < 1.29 is 66.5 Å². The van der Waals surface area contributed by atoms with E-state index in [1.807, 2.05) is 60.7 Å². The van der Waals surface area contributed by atoms with Gasteiger partial charge in [0.2, 0.25) is 23.5 Å². The number of nitrogens with one attached hydrogen (secondary N) is 3. The van der Waals surface area contributed by atoms with Gasteiger partial charge in [-0.2, -0.15) is 16.8 Å². The number of halogens is 34. The first-order valence-corrected chi connectivity index (χ1v) is 215. The van der Waals surface area contributed by atoms with Crippen LogP contribution in [0.4, 0.5) is 11.4 Å². The number of carbonyl (C=O) groups is 2. The van der Waals surface area contributed by atoms with E-state index in [-0.39, 0.29) is 70.1 Å². The Bertz CT molecular complexity index is 3590. The summed E-state index contributed by atoms with van der Waals surface area (Å²) in [6.45, 7) is 2.43. The van der Waals surface area contributed by atoms with Crippen molar-refractivity contribution in [3.05, 3.63) is 154 Å². The minimum Gasteiger partial charge on any atom is -0.448 e. The van der Waals surface area contributed by atoms with Crippen LogP contribution in [-0.4, -0.2) is 70.0 Å². The molecule has 4 heterocycles. The number of hydrogen-bond acceptors (Lipinski definition) is 14. The maximum Gasteiger partial charge on any atom is 0.287 e. The van der Waals surface area contributed by atoms with Crippen molar-refractivity contribution in [3.63, 3.8) is 0 Å². The number of hydrogen-bond donors (Lipinski definition) is 4. The Morgan fingerprint density at radius 2 is 0.968 bits per heavy atom. The van der Waals surface area contributed by atoms with E-state index in [4.69, 9.17) is 19.3 Å². The second-order valence-electron chi connectivity index (χ2n) is 14.9. The molecule has 1 amide bonds. The Morgan fingerprint density at radius 3 is 1.34 bits per heavy atom. The van der Waals surface area contributed by atoms with E-state index in [9.17, 15) is 26.4 Å². The Kier molecular flexibility index (Phi) is 61.9. The van der Waals surface area contributed by atoms with Gasteiger partial charge in [0.25, 0.3) is 26.0 Å². The van der Waals surface area contributed by atoms with Gasteiger partial charge in [0.1, 0.15) is 22.3 Å². The molecule has 6 aromatic rings. The summed E-state index contributed by atoms with van der Waals surface area (Å²) in [5.74, 6) is -1.21. The summed E-state index contributed by atoms with van der Waals surface area (Å²) in [5.41, 5.74) is 8.33. The summed E-state index contributed by atoms with van der Waals surface area (Å²) >= 11 is 59.2. The van der Waals surface area contributed by atoms with Gasteiger partial charge in [-0.25, -0.2) is 14.8 Å². The molecule has 53 heteroatoms. The number of benzene rings is 4. The molecule has 2 aromatic heterocycles. The fourth-order valence-electron chi connectivity index (χ4n) is 6.16. The van der Waals surface area contributed by atoms with E-state index in [0.717, 1.165) is 11.1 Å². The average Bonchev–Trinajstić information content (AvgIpc) is 1.20. The molecule has 2 aliphatic heterocycles. The first kappa shape index (κ1) is 103. The minimum absolute atomic E-state index is 0.00497. The van der Waals surface area contributed by atoms with Crippen LogP contribution in [0.15, 0.2) is 158 Å². The van der Waals surface area contributed by atoms with E-state index in [1.165, 1.54) is 24.6 Å². The summed E-state index contributed by atoms with van der Waals surface area (Å²) in [6, 6.07) is 28.8. The molecule has 0 saturated heterocycles. The number of nitrogens with two attached hydrogens (primary N) is 1. The molecule has 0 radical (unpaired) electrons. The zero-order chi connectivity index (χ0) is 69.5. The van der Waals surface area contributed by atoms with E-state index in [2.05, 4.69) is 383 Å². The van der Waals surface area contributed by atoms with Crippen LogP contribution in [0, 0.1) is 0 Å². The number of carbonyl (C=O) groups excluding carboxylic acids is 2. The maximum absolute atomic E-state index is 12.6. The number of ether oxygens (including phenoxy) is 1. The standard InChI is InChI=1S/C19H15BrN4O4S.C11H12N2O.C10H9BrN2O4S.I27.I5/c20-13-6-7-15-16(10-13)29(26,27)24-17(23-15)18(25)22-11-14(19-21-8-9-28-19)12-4-2-1-3-5-12;12-8-10(11-13-6-7-14-11)9-4-2-1-3-5-9;1-2-17-10(14)9-12-7-4-3-6(11)5-8(7)18(15,16)13-9;1-15-17(4)19(6)21(8)23(10)25(12)27(14)26(13)24(11)22(9)20(7)18(5)16(2)3;1-4-5(2)3/h1-10,14H,11H2,(H,22,25)(H,23,24);1-7,10H,8,12H2;3-5H,2H2,1H3,(H,12,13);;/q;;;2*-1. The Morgan fingerprint density at radius 1 is 0.581 bits per heavy atom. The van der Waals surface area contributed by atoms with Crippen LogP contribution in [0.1, 0.15) is 41.7 Å². The van der Waals surface area contributed by atoms with Gasteiger partial charge < -0.3 is 35.3 Å². The third kappa shape index (κ3) is 36.7. The first-order chi connectivity index (χ1) is 43.8. The molecule has 2 atom stereocenters. The Labute approximate surface area is 786 Å². The largest absolute Gasteiger partial charge is 0.448 e. The SMILES string of the molecule is CCOC(=O)C1=NS(=O)(=O)c2cc(Br)ccc2N1.I[I-]I(I)I.I[I-]I(I)I(I)I(I)I(I)I(I)I(I)I(I)I(I)I(I)I(I)I(I)I(I)I.NCC(c1ccccc1)c1ncco1.O=C(NCC(c1ccccc1)c1ncco1)C1=NS(=O)(=O)c2cc(Br)ccc2N1. The molecular weight excluding hydrogens is 5020 g/mol. The summed E-state index contributed by atoms with van der Waals surface area (Å²) < 4.78 is 72.2. The zero-order valence-corrected chi connectivity index (χ0v) is 118. The molecule has 0 bridgehead atoms. The predicted octanol–water partition coefficient (Wildman–Crippen LogP) is 26.8. The number of esters is 1. The fraction of sp³-hybridized carbons (Fsp3) is 0.150. The molecule has 0 saturated carbocycles. The molecule has 93 heavy (non-hydrogen) atoms. The van der Waals surface area contributed by atoms with Gasteiger partial charge in [-0.05, 0) is 54.4 Å². The second kappa shape index (κ2) is 56.0. The van der Waals surface area contributed by atoms with Crippen LogP contribution in [0.2, 0.25) is 0 Å². The van der Waals surface area contributed by atoms with Gasteiger partial charge in [0.15, 0.2) is 0 Å². The molecule has 2 aliphatic rings. The van der Waals surface area contributed by atoms with Gasteiger partial charge in [-0.15, -0.1) is 8.80 Å². The number of oxazole rings is 2. The number of aromatic nitrogens is 2. The van der Waals surface area contributed by atoms with Crippen molar-refractivity contribution in [2.24, 2.45) is 14.5 Å². The summed E-state index contributed by atoms with van der Waals surface area (Å²) in [4.78, 5) is 32.4. The van der Waals surface area contributed by atoms with Crippen LogP contribution in [0.5, 0.6) is 0 Å². The summed E-state index contributed by atoms with van der Waals surface area (Å²) in [6.07, 6.45) is 6.20. The number of fused-ring (bicyclic) bond motifs is 2. The molecule has 5 N–H and O–H groups in total. The van der Waals surface area contributed by atoms with Crippen LogP contribution < -0.4 is 48.2 Å². The van der Waals surface area contributed by atoms with E-state index in [0.29, 0.717) is 65.2 Å². The quantitative estimate of drug-likeness (QED) is 0.0344. The minimum atomic E-state index is -3.99. The number of amides is 1. The summed E-state index contributed by atoms with van der Waals surface area (Å²) in [7, 11) is -13.3. The Balaban J connectivity index is 0.000000265. The van der Waals surface area contributed by atoms with Crippen LogP contribution in [0.3, 0.4) is 0 Å². The fourth-order valence-corrected chi connectivity index (χ4v) is 4410. The van der Waals surface area contributed by atoms with Crippen molar-refractivity contribution in [3.8, 4) is 0 Å². The molecule has 17 nitrogen and oxygen atoms in total. The van der Waals surface area contributed by atoms with E-state index >= 15 is 0 Å². The Hall–Kier alpha value is 17.4. The molecule has 0 aliphatic carbocycles. The zero-order valence-electron chi connectivity index (χ0n) is 44.0. The number of sulfonamides is 2. The van der Waals surface area contributed by atoms with Crippen LogP contribution in [0.25, 0.3) is 0 Å². The van der Waals surface area contributed by atoms with E-state index < -0.39 is 111 Å². The molecule has 4 aromatic carbocycles. The summed E-state index contributed by atoms with van der Waals surface area (Å²) in [5, 5.41) is 8.13. The molecule has 0 spiro atoms. The van der Waals surface area contributed by atoms with Crippen molar-refractivity contribution in [1.82, 2.24) is 15.3 Å². The second-order valence-corrected chi connectivity index (χ2v) is 686. The number of rotatable bonds is 23. The topological polar surface area (TPSA) is 251 Å². The average molecular weight is 5060 g/mol. The van der Waals surface area contributed by atoms with Gasteiger partial charge in [-0.3, -0.25) is 4.79 Å². The molecule has 2 unspecified atom stereocenters. The van der Waals surface area contributed by atoms with Crippen LogP contribution >= 0.6 is 451 Å². The third-order valence-electron chi connectivity index (χ3n) is 9.64. The van der Waals surface area contributed by atoms with Crippen molar-refractivity contribution in [2.75, 3.05) is 30.3 Å². The molecule has 0 fully saturated rings. The van der Waals surface area contributed by atoms with Crippen molar-refractivity contribution in [1.29, 1.82) is 0 Å². The monoisotopic (exact) mass is 5050 g/mol. The first-order valence-electron chi connectivity index (χ1n) is 22.4.